The molecular weight excluding hydrogens is 365 g/mol. The van der Waals surface area contributed by atoms with Crippen LogP contribution in [-0.4, -0.2) is 30.3 Å². The van der Waals surface area contributed by atoms with E-state index in [-0.39, 0.29) is 5.78 Å². The number of rotatable bonds is 6. The van der Waals surface area contributed by atoms with Crippen LogP contribution in [0.15, 0.2) is 48.5 Å². The minimum atomic E-state index is -0.902. The molecule has 2 aromatic carbocycles. The number of ketones is 1. The van der Waals surface area contributed by atoms with Crippen molar-refractivity contribution in [2.24, 2.45) is 0 Å². The summed E-state index contributed by atoms with van der Waals surface area (Å²) < 4.78 is 4.95. The highest BCUT2D eigenvalue weighted by molar-refractivity contribution is 6.31. The van der Waals surface area contributed by atoms with Crippen molar-refractivity contribution in [3.8, 4) is 0 Å². The van der Waals surface area contributed by atoms with Crippen LogP contribution in [-0.2, 0) is 9.53 Å². The zero-order valence-corrected chi connectivity index (χ0v) is 14.8. The van der Waals surface area contributed by atoms with Crippen LogP contribution in [0.5, 0.6) is 0 Å². The van der Waals surface area contributed by atoms with Gasteiger partial charge in [0.15, 0.2) is 12.4 Å². The van der Waals surface area contributed by atoms with E-state index >= 15 is 0 Å². The van der Waals surface area contributed by atoms with Gasteiger partial charge < -0.3 is 10.1 Å². The Balaban J connectivity index is 1.85. The Bertz CT molecular complexity index is 773. The van der Waals surface area contributed by atoms with Crippen LogP contribution in [0.1, 0.15) is 27.6 Å². The molecule has 0 saturated carbocycles. The van der Waals surface area contributed by atoms with E-state index in [2.05, 4.69) is 5.32 Å². The van der Waals surface area contributed by atoms with Crippen LogP contribution in [0.25, 0.3) is 0 Å². The Morgan fingerprint density at radius 3 is 1.92 bits per heavy atom. The molecule has 1 N–H and O–H groups in total. The van der Waals surface area contributed by atoms with E-state index in [1.54, 1.807) is 48.5 Å². The summed E-state index contributed by atoms with van der Waals surface area (Å²) in [6, 6.07) is 11.6. The predicted molar refractivity (Wildman–Crippen MR) is 95.1 cm³/mol. The Morgan fingerprint density at radius 1 is 0.920 bits per heavy atom. The van der Waals surface area contributed by atoms with Gasteiger partial charge in [0, 0.05) is 21.2 Å². The van der Waals surface area contributed by atoms with Gasteiger partial charge in [0.1, 0.15) is 6.04 Å². The second-order valence-corrected chi connectivity index (χ2v) is 6.11. The van der Waals surface area contributed by atoms with Crippen molar-refractivity contribution in [1.82, 2.24) is 5.32 Å². The lowest BCUT2D eigenvalue weighted by molar-refractivity contribution is -0.144. The summed E-state index contributed by atoms with van der Waals surface area (Å²) in [5.41, 5.74) is 0.747. The van der Waals surface area contributed by atoms with Crippen LogP contribution < -0.4 is 5.32 Å². The molecule has 1 amide bonds. The Morgan fingerprint density at radius 2 is 1.40 bits per heavy atom. The summed E-state index contributed by atoms with van der Waals surface area (Å²) in [5.74, 6) is -1.50. The number of carbonyl (C=O) groups excluding carboxylic acids is 3. The first-order valence-electron chi connectivity index (χ1n) is 7.38. The van der Waals surface area contributed by atoms with Crippen LogP contribution in [0.3, 0.4) is 0 Å². The zero-order valence-electron chi connectivity index (χ0n) is 13.3. The highest BCUT2D eigenvalue weighted by atomic mass is 35.5. The van der Waals surface area contributed by atoms with Crippen molar-refractivity contribution in [3.63, 3.8) is 0 Å². The third-order valence-corrected chi connectivity index (χ3v) is 3.82. The zero-order chi connectivity index (χ0) is 18.4. The predicted octanol–water partition coefficient (Wildman–Crippen LogP) is 3.54. The number of benzene rings is 2. The van der Waals surface area contributed by atoms with Crippen molar-refractivity contribution < 1.29 is 19.1 Å². The van der Waals surface area contributed by atoms with Gasteiger partial charge in [-0.15, -0.1) is 0 Å². The van der Waals surface area contributed by atoms with E-state index in [4.69, 9.17) is 27.9 Å². The molecule has 0 aliphatic rings. The number of amides is 1. The summed E-state index contributed by atoms with van der Waals surface area (Å²) in [4.78, 5) is 35.9. The first-order chi connectivity index (χ1) is 11.9. The molecule has 0 unspecified atom stereocenters. The number of esters is 1. The Hall–Kier alpha value is -2.37. The van der Waals surface area contributed by atoms with Gasteiger partial charge in [0.25, 0.3) is 5.91 Å². The smallest absolute Gasteiger partial charge is 0.328 e. The molecule has 0 aliphatic heterocycles. The number of Topliss-reactive ketones (excluding diaryl/α,β-unsaturated/α-hetero) is 1. The maximum absolute atomic E-state index is 12.0. The van der Waals surface area contributed by atoms with Crippen LogP contribution in [0.4, 0.5) is 0 Å². The molecule has 7 heteroatoms. The summed E-state index contributed by atoms with van der Waals surface area (Å²) in [5, 5.41) is 3.51. The second kappa shape index (κ2) is 8.65. The van der Waals surface area contributed by atoms with E-state index in [1.165, 1.54) is 6.92 Å². The average molecular weight is 380 g/mol. The van der Waals surface area contributed by atoms with Gasteiger partial charge in [-0.05, 0) is 55.5 Å². The Labute approximate surface area is 154 Å². The van der Waals surface area contributed by atoms with Crippen molar-refractivity contribution >= 4 is 40.9 Å². The number of ether oxygens (including phenoxy) is 1. The van der Waals surface area contributed by atoms with Crippen molar-refractivity contribution in [1.29, 1.82) is 0 Å². The minimum absolute atomic E-state index is 0.360. The maximum atomic E-state index is 12.0. The van der Waals surface area contributed by atoms with E-state index in [9.17, 15) is 14.4 Å². The second-order valence-electron chi connectivity index (χ2n) is 5.24. The van der Waals surface area contributed by atoms with Crippen molar-refractivity contribution in [2.45, 2.75) is 13.0 Å². The molecule has 1 atom stereocenters. The molecule has 0 spiro atoms. The van der Waals surface area contributed by atoms with Gasteiger partial charge >= 0.3 is 5.97 Å². The molecule has 130 valence electrons. The normalized spacial score (nSPS) is 11.5. The molecule has 5 nitrogen and oxygen atoms in total. The first kappa shape index (κ1) is 19.0. The maximum Gasteiger partial charge on any atom is 0.328 e. The summed E-state index contributed by atoms with van der Waals surface area (Å²) in [6.45, 7) is 1.06. The highest BCUT2D eigenvalue weighted by Crippen LogP contribution is 2.11. The molecule has 2 aromatic rings. The molecule has 25 heavy (non-hydrogen) atoms. The van der Waals surface area contributed by atoms with E-state index in [0.29, 0.717) is 21.2 Å². The van der Waals surface area contributed by atoms with Crippen molar-refractivity contribution in [3.05, 3.63) is 69.7 Å². The number of hydrogen-bond donors (Lipinski definition) is 1. The number of hydrogen-bond acceptors (Lipinski definition) is 4. The summed E-state index contributed by atoms with van der Waals surface area (Å²) >= 11 is 11.5. The first-order valence-corrected chi connectivity index (χ1v) is 8.14. The van der Waals surface area contributed by atoms with Crippen LogP contribution >= 0.6 is 23.2 Å². The molecule has 0 radical (unpaired) electrons. The van der Waals surface area contributed by atoms with Gasteiger partial charge in [-0.1, -0.05) is 23.2 Å². The fourth-order valence-electron chi connectivity index (χ4n) is 1.92. The summed E-state index contributed by atoms with van der Waals surface area (Å²) in [6.07, 6.45) is 0. The highest BCUT2D eigenvalue weighted by Gasteiger charge is 2.19. The molecule has 2 rings (SSSR count). The number of nitrogens with one attached hydrogen (secondary N) is 1. The SMILES string of the molecule is C[C@H](NC(=O)c1ccc(Cl)cc1)C(=O)OCC(=O)c1ccc(Cl)cc1. The lowest BCUT2D eigenvalue weighted by Crippen LogP contribution is -2.40. The largest absolute Gasteiger partial charge is 0.456 e. The van der Waals surface area contributed by atoms with Gasteiger partial charge in [-0.2, -0.15) is 0 Å². The topological polar surface area (TPSA) is 72.5 Å². The fraction of sp³-hybridized carbons (Fsp3) is 0.167. The van der Waals surface area contributed by atoms with Gasteiger partial charge in [0.2, 0.25) is 0 Å². The third kappa shape index (κ3) is 5.59. The van der Waals surface area contributed by atoms with E-state index in [0.717, 1.165) is 0 Å². The quantitative estimate of drug-likeness (QED) is 0.615. The molecule has 0 heterocycles. The van der Waals surface area contributed by atoms with Gasteiger partial charge in [0.05, 0.1) is 0 Å². The molecule has 0 aromatic heterocycles. The lowest BCUT2D eigenvalue weighted by Gasteiger charge is -2.13. The molecule has 0 saturated heterocycles. The monoisotopic (exact) mass is 379 g/mol. The molecule has 0 fully saturated rings. The van der Waals surface area contributed by atoms with E-state index in [1.807, 2.05) is 0 Å². The van der Waals surface area contributed by atoms with Crippen LogP contribution in [0, 0.1) is 0 Å². The van der Waals surface area contributed by atoms with Crippen LogP contribution in [0.2, 0.25) is 10.0 Å². The number of carbonyl (C=O) groups is 3. The number of halogens is 2. The average Bonchev–Trinajstić information content (AvgIpc) is 2.60. The van der Waals surface area contributed by atoms with Crippen molar-refractivity contribution in [2.75, 3.05) is 6.61 Å². The fourth-order valence-corrected chi connectivity index (χ4v) is 2.17. The van der Waals surface area contributed by atoms with E-state index < -0.39 is 24.5 Å². The molecular formula is C18H15Cl2NO4. The molecule has 0 aliphatic carbocycles. The third-order valence-electron chi connectivity index (χ3n) is 3.32. The molecule has 0 bridgehead atoms. The lowest BCUT2D eigenvalue weighted by atomic mass is 10.1. The van der Waals surface area contributed by atoms with Gasteiger partial charge in [-0.3, -0.25) is 9.59 Å². The Kier molecular flexibility index (Phi) is 6.56. The minimum Gasteiger partial charge on any atom is -0.456 e. The standard InChI is InChI=1S/C18H15Cl2NO4/c1-11(21-17(23)13-4-8-15(20)9-5-13)18(24)25-10-16(22)12-2-6-14(19)7-3-12/h2-9,11H,10H2,1H3,(H,21,23)/t11-/m0/s1. The summed E-state index contributed by atoms with van der Waals surface area (Å²) in [7, 11) is 0. The van der Waals surface area contributed by atoms with Gasteiger partial charge in [-0.25, -0.2) is 4.79 Å².